The van der Waals surface area contributed by atoms with Gasteiger partial charge >= 0.3 is 0 Å². The first-order valence-corrected chi connectivity index (χ1v) is 8.22. The van der Waals surface area contributed by atoms with Gasteiger partial charge in [0.05, 0.1) is 7.11 Å². The lowest BCUT2D eigenvalue weighted by atomic mass is 9.99. The van der Waals surface area contributed by atoms with E-state index in [0.717, 1.165) is 37.2 Å². The van der Waals surface area contributed by atoms with Crippen molar-refractivity contribution in [3.8, 4) is 17.0 Å². The zero-order chi connectivity index (χ0) is 15.5. The molecule has 22 heavy (non-hydrogen) atoms. The molecule has 0 N–H and O–H groups in total. The number of amides is 1. The monoisotopic (exact) mass is 317 g/mol. The maximum absolute atomic E-state index is 12.7. The Bertz CT molecular complexity index is 663. The van der Waals surface area contributed by atoms with Gasteiger partial charge in [0.15, 0.2) is 0 Å². The Morgan fingerprint density at radius 3 is 2.86 bits per heavy atom. The molecule has 5 nitrogen and oxygen atoms in total. The van der Waals surface area contributed by atoms with Crippen LogP contribution in [0.25, 0.3) is 11.3 Å². The molecule has 1 amide bonds. The second kappa shape index (κ2) is 6.44. The molecule has 2 aromatic rings. The highest BCUT2D eigenvalue weighted by Crippen LogP contribution is 2.29. The number of hydrogen-bond acceptors (Lipinski definition) is 5. The largest absolute Gasteiger partial charge is 0.497 e. The maximum atomic E-state index is 12.7. The predicted octanol–water partition coefficient (Wildman–Crippen LogP) is 3.09. The fourth-order valence-electron chi connectivity index (χ4n) is 2.65. The fourth-order valence-corrected chi connectivity index (χ4v) is 3.30. The molecular weight excluding hydrogens is 298 g/mol. The van der Waals surface area contributed by atoms with Crippen LogP contribution in [0.3, 0.4) is 0 Å². The molecule has 0 radical (unpaired) electrons. The van der Waals surface area contributed by atoms with Crippen molar-refractivity contribution in [2.45, 2.75) is 19.8 Å². The van der Waals surface area contributed by atoms with Crippen LogP contribution in [0.5, 0.6) is 5.75 Å². The van der Waals surface area contributed by atoms with E-state index in [4.69, 9.17) is 4.74 Å². The van der Waals surface area contributed by atoms with Gasteiger partial charge in [-0.1, -0.05) is 23.5 Å². The third-order valence-electron chi connectivity index (χ3n) is 4.10. The Labute approximate surface area is 134 Å². The second-order valence-corrected chi connectivity index (χ2v) is 6.41. The molecular formula is C16H19N3O2S. The van der Waals surface area contributed by atoms with Gasteiger partial charge in [0, 0.05) is 18.7 Å². The zero-order valence-corrected chi connectivity index (χ0v) is 13.6. The van der Waals surface area contributed by atoms with E-state index in [-0.39, 0.29) is 5.91 Å². The summed E-state index contributed by atoms with van der Waals surface area (Å²) in [5.41, 5.74) is 1.51. The van der Waals surface area contributed by atoms with Gasteiger partial charge in [-0.2, -0.15) is 0 Å². The van der Waals surface area contributed by atoms with Crippen molar-refractivity contribution >= 4 is 17.4 Å². The number of nitrogens with zero attached hydrogens (tertiary/aromatic N) is 3. The van der Waals surface area contributed by atoms with Crippen molar-refractivity contribution in [1.29, 1.82) is 0 Å². The number of benzene rings is 1. The first kappa shape index (κ1) is 15.0. The summed E-state index contributed by atoms with van der Waals surface area (Å²) in [6.07, 6.45) is 2.12. The number of ether oxygens (including phenoxy) is 1. The zero-order valence-electron chi connectivity index (χ0n) is 12.8. The molecule has 0 bridgehead atoms. The summed E-state index contributed by atoms with van der Waals surface area (Å²) in [5.74, 6) is 1.48. The summed E-state index contributed by atoms with van der Waals surface area (Å²) >= 11 is 1.17. The molecule has 1 aliphatic heterocycles. The van der Waals surface area contributed by atoms with Crippen LogP contribution in [0.1, 0.15) is 29.4 Å². The Hall–Kier alpha value is -1.95. The number of carbonyl (C=O) groups excluding carboxylic acids is 1. The van der Waals surface area contributed by atoms with Gasteiger partial charge in [-0.05, 0) is 42.4 Å². The van der Waals surface area contributed by atoms with E-state index in [1.807, 2.05) is 29.2 Å². The summed E-state index contributed by atoms with van der Waals surface area (Å²) < 4.78 is 9.23. The minimum absolute atomic E-state index is 0.0414. The van der Waals surface area contributed by atoms with Gasteiger partial charge in [0.25, 0.3) is 5.91 Å². The molecule has 0 saturated carbocycles. The van der Waals surface area contributed by atoms with Crippen LogP contribution in [-0.4, -0.2) is 40.6 Å². The van der Waals surface area contributed by atoms with Crippen molar-refractivity contribution in [1.82, 2.24) is 14.5 Å². The topological polar surface area (TPSA) is 55.3 Å². The van der Waals surface area contributed by atoms with Crippen LogP contribution in [0, 0.1) is 5.92 Å². The summed E-state index contributed by atoms with van der Waals surface area (Å²) in [5, 5.41) is 4.16. The van der Waals surface area contributed by atoms with E-state index in [9.17, 15) is 4.79 Å². The molecule has 0 unspecified atom stereocenters. The molecule has 0 spiro atoms. The number of methoxy groups -OCH3 is 1. The van der Waals surface area contributed by atoms with Crippen molar-refractivity contribution in [2.24, 2.45) is 5.92 Å². The van der Waals surface area contributed by atoms with Crippen molar-refractivity contribution in [3.63, 3.8) is 0 Å². The van der Waals surface area contributed by atoms with Gasteiger partial charge in [0.1, 0.15) is 16.3 Å². The normalized spacial score (nSPS) is 15.8. The molecule has 3 rings (SSSR count). The van der Waals surface area contributed by atoms with Crippen LogP contribution in [0.2, 0.25) is 0 Å². The number of likely N-dealkylation sites (tertiary alicyclic amines) is 1. The quantitative estimate of drug-likeness (QED) is 0.873. The lowest BCUT2D eigenvalue weighted by molar-refractivity contribution is 0.0702. The van der Waals surface area contributed by atoms with E-state index in [1.54, 1.807) is 7.11 Å². The Kier molecular flexibility index (Phi) is 4.38. The van der Waals surface area contributed by atoms with Crippen LogP contribution < -0.4 is 4.74 Å². The van der Waals surface area contributed by atoms with Crippen LogP contribution in [0.4, 0.5) is 0 Å². The highest BCUT2D eigenvalue weighted by molar-refractivity contribution is 7.08. The summed E-state index contributed by atoms with van der Waals surface area (Å²) in [6.45, 7) is 3.86. The number of hydrogen-bond donors (Lipinski definition) is 0. The molecule has 0 atom stereocenters. The van der Waals surface area contributed by atoms with Gasteiger partial charge < -0.3 is 9.64 Å². The van der Waals surface area contributed by atoms with E-state index < -0.39 is 0 Å². The third kappa shape index (κ3) is 2.97. The molecule has 1 aliphatic rings. The van der Waals surface area contributed by atoms with Crippen LogP contribution in [-0.2, 0) is 0 Å². The molecule has 1 fully saturated rings. The molecule has 1 aromatic carbocycles. The second-order valence-electron chi connectivity index (χ2n) is 5.66. The Balaban J connectivity index is 1.86. The van der Waals surface area contributed by atoms with E-state index >= 15 is 0 Å². The molecule has 116 valence electrons. The lowest BCUT2D eigenvalue weighted by Gasteiger charge is -2.29. The van der Waals surface area contributed by atoms with Gasteiger partial charge in [-0.3, -0.25) is 4.79 Å². The standard InChI is InChI=1S/C16H19N3O2S/c1-11-6-8-19(9-7-11)16(20)15-14(17-18-22-15)12-4-3-5-13(10-12)21-2/h3-5,10-11H,6-9H2,1-2H3. The summed E-state index contributed by atoms with van der Waals surface area (Å²) in [7, 11) is 1.62. The lowest BCUT2D eigenvalue weighted by Crippen LogP contribution is -2.37. The van der Waals surface area contributed by atoms with E-state index in [0.29, 0.717) is 16.5 Å². The molecule has 1 aromatic heterocycles. The smallest absolute Gasteiger partial charge is 0.267 e. The summed E-state index contributed by atoms with van der Waals surface area (Å²) in [6, 6.07) is 7.57. The third-order valence-corrected chi connectivity index (χ3v) is 4.81. The first-order valence-electron chi connectivity index (χ1n) is 7.45. The van der Waals surface area contributed by atoms with Crippen molar-refractivity contribution in [2.75, 3.05) is 20.2 Å². The number of rotatable bonds is 3. The van der Waals surface area contributed by atoms with Gasteiger partial charge in [-0.25, -0.2) is 0 Å². The predicted molar refractivity (Wildman–Crippen MR) is 86.2 cm³/mol. The highest BCUT2D eigenvalue weighted by Gasteiger charge is 2.26. The van der Waals surface area contributed by atoms with Gasteiger partial charge in [-0.15, -0.1) is 5.10 Å². The molecule has 1 saturated heterocycles. The molecule has 0 aliphatic carbocycles. The minimum Gasteiger partial charge on any atom is -0.497 e. The maximum Gasteiger partial charge on any atom is 0.267 e. The van der Waals surface area contributed by atoms with Crippen molar-refractivity contribution < 1.29 is 9.53 Å². The molecule has 2 heterocycles. The Morgan fingerprint density at radius 2 is 2.14 bits per heavy atom. The van der Waals surface area contributed by atoms with E-state index in [1.165, 1.54) is 11.5 Å². The van der Waals surface area contributed by atoms with Crippen molar-refractivity contribution in [3.05, 3.63) is 29.1 Å². The number of aromatic nitrogens is 2. The number of carbonyl (C=O) groups is 1. The average molecular weight is 317 g/mol. The van der Waals surface area contributed by atoms with Crippen LogP contribution >= 0.6 is 11.5 Å². The SMILES string of the molecule is COc1cccc(-c2nnsc2C(=O)N2CCC(C)CC2)c1. The minimum atomic E-state index is 0.0414. The average Bonchev–Trinajstić information content (AvgIpc) is 3.04. The van der Waals surface area contributed by atoms with Crippen LogP contribution in [0.15, 0.2) is 24.3 Å². The Morgan fingerprint density at radius 1 is 1.36 bits per heavy atom. The fraction of sp³-hybridized carbons (Fsp3) is 0.438. The van der Waals surface area contributed by atoms with Gasteiger partial charge in [0.2, 0.25) is 0 Å². The summed E-state index contributed by atoms with van der Waals surface area (Å²) in [4.78, 5) is 15.3. The highest BCUT2D eigenvalue weighted by atomic mass is 32.1. The molecule has 6 heteroatoms. The first-order chi connectivity index (χ1) is 10.7. The van der Waals surface area contributed by atoms with E-state index in [2.05, 4.69) is 16.5 Å². The number of piperidine rings is 1.